The molecule has 1 saturated heterocycles. The van der Waals surface area contributed by atoms with Crippen LogP contribution in [0.5, 0.6) is 0 Å². The Balaban J connectivity index is 1.36. The van der Waals surface area contributed by atoms with Gasteiger partial charge in [-0.2, -0.15) is 5.10 Å². The number of likely N-dealkylation sites (tertiary alicyclic amines) is 1. The number of hydrogen-bond donors (Lipinski definition) is 2. The van der Waals surface area contributed by atoms with Gasteiger partial charge < -0.3 is 9.88 Å². The highest BCUT2D eigenvalue weighted by molar-refractivity contribution is 5.93. The van der Waals surface area contributed by atoms with E-state index in [1.807, 2.05) is 17.9 Å². The topological polar surface area (TPSA) is 77.7 Å². The van der Waals surface area contributed by atoms with Crippen LogP contribution in [-0.4, -0.2) is 44.1 Å². The number of hydrogen-bond acceptors (Lipinski definition) is 3. The lowest BCUT2D eigenvalue weighted by molar-refractivity contribution is 0.0706. The molecule has 134 valence electrons. The van der Waals surface area contributed by atoms with Crippen molar-refractivity contribution in [3.63, 3.8) is 0 Å². The molecule has 6 nitrogen and oxygen atoms in total. The molecule has 0 saturated carbocycles. The van der Waals surface area contributed by atoms with E-state index in [1.54, 1.807) is 6.33 Å². The first-order valence-corrected chi connectivity index (χ1v) is 9.08. The van der Waals surface area contributed by atoms with Crippen molar-refractivity contribution in [2.75, 3.05) is 13.1 Å². The normalized spacial score (nSPS) is 15.3. The van der Waals surface area contributed by atoms with Crippen molar-refractivity contribution >= 4 is 5.91 Å². The zero-order valence-corrected chi connectivity index (χ0v) is 14.9. The summed E-state index contributed by atoms with van der Waals surface area (Å²) in [6.45, 7) is 3.37. The number of imidazole rings is 1. The average molecular weight is 349 g/mol. The summed E-state index contributed by atoms with van der Waals surface area (Å²) in [4.78, 5) is 21.6. The van der Waals surface area contributed by atoms with E-state index < -0.39 is 0 Å². The molecule has 0 atom stereocenters. The Kier molecular flexibility index (Phi) is 4.56. The number of carbonyl (C=O) groups is 1. The Bertz CT molecular complexity index is 875. The first-order chi connectivity index (χ1) is 12.7. The molecule has 0 radical (unpaired) electrons. The maximum Gasteiger partial charge on any atom is 0.274 e. The molecule has 2 N–H and O–H groups in total. The summed E-state index contributed by atoms with van der Waals surface area (Å²) in [6.07, 6.45) is 4.31. The Hall–Kier alpha value is -2.89. The predicted molar refractivity (Wildman–Crippen MR) is 99.0 cm³/mol. The van der Waals surface area contributed by atoms with Crippen molar-refractivity contribution < 1.29 is 4.79 Å². The highest BCUT2D eigenvalue weighted by Gasteiger charge is 2.27. The Labute approximate surface area is 152 Å². The minimum atomic E-state index is 0.0222. The fraction of sp³-hybridized carbons (Fsp3) is 0.350. The maximum atomic E-state index is 12.6. The minimum Gasteiger partial charge on any atom is -0.348 e. The summed E-state index contributed by atoms with van der Waals surface area (Å²) in [5.41, 5.74) is 4.89. The van der Waals surface area contributed by atoms with E-state index >= 15 is 0 Å². The van der Waals surface area contributed by atoms with E-state index in [-0.39, 0.29) is 5.91 Å². The van der Waals surface area contributed by atoms with Crippen LogP contribution in [0.1, 0.15) is 51.9 Å². The second-order valence-corrected chi connectivity index (χ2v) is 6.92. The van der Waals surface area contributed by atoms with Gasteiger partial charge >= 0.3 is 0 Å². The van der Waals surface area contributed by atoms with Gasteiger partial charge in [0, 0.05) is 36.8 Å². The van der Waals surface area contributed by atoms with Crippen LogP contribution in [0, 0.1) is 6.92 Å². The van der Waals surface area contributed by atoms with E-state index in [9.17, 15) is 4.79 Å². The smallest absolute Gasteiger partial charge is 0.274 e. The van der Waals surface area contributed by atoms with E-state index in [4.69, 9.17) is 0 Å². The molecule has 3 aromatic rings. The standard InChI is InChI=1S/C20H23N5O/c1-14-19(22-13-21-14)20(26)25-9-7-16(8-10-25)18-12-17(23-24-18)11-15-5-3-2-4-6-15/h2-6,12-13,16H,7-11H2,1H3,(H,21,22)(H,23,24). The van der Waals surface area contributed by atoms with Crippen LogP contribution in [0.15, 0.2) is 42.7 Å². The molecule has 1 aliphatic rings. The number of aromatic nitrogens is 4. The molecule has 1 aliphatic heterocycles. The Morgan fingerprint density at radius 2 is 2.00 bits per heavy atom. The highest BCUT2D eigenvalue weighted by atomic mass is 16.2. The van der Waals surface area contributed by atoms with Crippen molar-refractivity contribution in [1.82, 2.24) is 25.1 Å². The number of aryl methyl sites for hydroxylation is 1. The van der Waals surface area contributed by atoms with Gasteiger partial charge in [0.25, 0.3) is 5.91 Å². The quantitative estimate of drug-likeness (QED) is 0.760. The van der Waals surface area contributed by atoms with Gasteiger partial charge in [0.05, 0.1) is 12.0 Å². The monoisotopic (exact) mass is 349 g/mol. The fourth-order valence-corrected chi connectivity index (χ4v) is 3.60. The number of nitrogens with zero attached hydrogens (tertiary/aromatic N) is 3. The molecule has 0 aliphatic carbocycles. The molecule has 0 spiro atoms. The summed E-state index contributed by atoms with van der Waals surface area (Å²) in [6, 6.07) is 12.6. The first kappa shape index (κ1) is 16.6. The number of carbonyl (C=O) groups excluding carboxylic acids is 1. The van der Waals surface area contributed by atoms with Crippen LogP contribution < -0.4 is 0 Å². The van der Waals surface area contributed by atoms with Gasteiger partial charge in [0.2, 0.25) is 0 Å². The molecule has 4 rings (SSSR count). The Morgan fingerprint density at radius 3 is 2.69 bits per heavy atom. The largest absolute Gasteiger partial charge is 0.348 e. The predicted octanol–water partition coefficient (Wildman–Crippen LogP) is 3.05. The summed E-state index contributed by atoms with van der Waals surface area (Å²) in [5.74, 6) is 0.425. The van der Waals surface area contributed by atoms with Crippen molar-refractivity contribution in [1.29, 1.82) is 0 Å². The fourth-order valence-electron chi connectivity index (χ4n) is 3.60. The SMILES string of the molecule is Cc1[nH]cnc1C(=O)N1CCC(c2cc(Cc3ccccc3)[nH]n2)CC1. The van der Waals surface area contributed by atoms with Crippen LogP contribution in [-0.2, 0) is 6.42 Å². The summed E-state index contributed by atoms with van der Waals surface area (Å²) in [5, 5.41) is 7.69. The lowest BCUT2D eigenvalue weighted by Crippen LogP contribution is -2.38. The Morgan fingerprint density at radius 1 is 1.23 bits per heavy atom. The molecule has 2 aromatic heterocycles. The van der Waals surface area contributed by atoms with Gasteiger partial charge in [0.15, 0.2) is 0 Å². The third-order valence-electron chi connectivity index (χ3n) is 5.12. The third kappa shape index (κ3) is 3.40. The molecule has 26 heavy (non-hydrogen) atoms. The average Bonchev–Trinajstić information content (AvgIpc) is 3.31. The van der Waals surface area contributed by atoms with Gasteiger partial charge in [0.1, 0.15) is 5.69 Å². The van der Waals surface area contributed by atoms with Gasteiger partial charge in [-0.05, 0) is 31.4 Å². The number of amides is 1. The van der Waals surface area contributed by atoms with Crippen LogP contribution in [0.2, 0.25) is 0 Å². The summed E-state index contributed by atoms with van der Waals surface area (Å²) in [7, 11) is 0. The molecular weight excluding hydrogens is 326 g/mol. The zero-order valence-electron chi connectivity index (χ0n) is 14.9. The summed E-state index contributed by atoms with van der Waals surface area (Å²) < 4.78 is 0. The molecule has 6 heteroatoms. The maximum absolute atomic E-state index is 12.6. The van der Waals surface area contributed by atoms with E-state index in [1.165, 1.54) is 5.56 Å². The molecule has 3 heterocycles. The van der Waals surface area contributed by atoms with Crippen LogP contribution >= 0.6 is 0 Å². The van der Waals surface area contributed by atoms with E-state index in [0.29, 0.717) is 11.6 Å². The van der Waals surface area contributed by atoms with Crippen LogP contribution in [0.3, 0.4) is 0 Å². The number of rotatable bonds is 4. The number of aromatic amines is 2. The van der Waals surface area contributed by atoms with E-state index in [2.05, 4.69) is 50.5 Å². The van der Waals surface area contributed by atoms with Gasteiger partial charge in [-0.15, -0.1) is 0 Å². The molecule has 1 amide bonds. The summed E-state index contributed by atoms with van der Waals surface area (Å²) >= 11 is 0. The van der Waals surface area contributed by atoms with Crippen LogP contribution in [0.4, 0.5) is 0 Å². The lowest BCUT2D eigenvalue weighted by Gasteiger charge is -2.30. The van der Waals surface area contributed by atoms with Gasteiger partial charge in [-0.3, -0.25) is 9.89 Å². The van der Waals surface area contributed by atoms with Crippen LogP contribution in [0.25, 0.3) is 0 Å². The molecular formula is C20H23N5O. The zero-order chi connectivity index (χ0) is 17.9. The van der Waals surface area contributed by atoms with Crippen molar-refractivity contribution in [3.8, 4) is 0 Å². The second-order valence-electron chi connectivity index (χ2n) is 6.92. The van der Waals surface area contributed by atoms with E-state index in [0.717, 1.165) is 49.4 Å². The molecule has 0 bridgehead atoms. The molecule has 1 aromatic carbocycles. The number of nitrogens with one attached hydrogen (secondary N) is 2. The van der Waals surface area contributed by atoms with Crippen molar-refractivity contribution in [3.05, 3.63) is 71.1 Å². The number of benzene rings is 1. The minimum absolute atomic E-state index is 0.0222. The van der Waals surface area contributed by atoms with Gasteiger partial charge in [-0.1, -0.05) is 30.3 Å². The number of piperidine rings is 1. The third-order valence-corrected chi connectivity index (χ3v) is 5.12. The number of H-pyrrole nitrogens is 2. The van der Waals surface area contributed by atoms with Gasteiger partial charge in [-0.25, -0.2) is 4.98 Å². The molecule has 1 fully saturated rings. The lowest BCUT2D eigenvalue weighted by atomic mass is 9.93. The highest BCUT2D eigenvalue weighted by Crippen LogP contribution is 2.28. The second kappa shape index (κ2) is 7.15. The van der Waals surface area contributed by atoms with Crippen molar-refractivity contribution in [2.24, 2.45) is 0 Å². The molecule has 0 unspecified atom stereocenters. The van der Waals surface area contributed by atoms with Crippen molar-refractivity contribution in [2.45, 2.75) is 32.1 Å². The first-order valence-electron chi connectivity index (χ1n) is 9.08.